The molecule has 0 aliphatic rings. The molecule has 0 aliphatic heterocycles. The smallest absolute Gasteiger partial charge is 0.116 e. The van der Waals surface area contributed by atoms with Crippen LogP contribution in [0.5, 0.6) is 5.75 Å². The minimum Gasteiger partial charge on any atom is -0.508 e. The van der Waals surface area contributed by atoms with E-state index >= 15 is 0 Å². The zero-order chi connectivity index (χ0) is 10.7. The maximum Gasteiger partial charge on any atom is 0.116 e. The number of benzene rings is 1. The summed E-state index contributed by atoms with van der Waals surface area (Å²) < 4.78 is 0.830. The highest BCUT2D eigenvalue weighted by Crippen LogP contribution is 2.31. The minimum atomic E-state index is -0.625. The van der Waals surface area contributed by atoms with E-state index in [4.69, 9.17) is 5.73 Å². The van der Waals surface area contributed by atoms with Gasteiger partial charge in [-0.2, -0.15) is 0 Å². The highest BCUT2D eigenvalue weighted by atomic mass is 79.9. The molecule has 14 heavy (non-hydrogen) atoms. The van der Waals surface area contributed by atoms with E-state index < -0.39 is 6.10 Å². The van der Waals surface area contributed by atoms with Crippen molar-refractivity contribution in [2.45, 2.75) is 19.4 Å². The number of nitrogens with two attached hydrogens (primary N) is 1. The zero-order valence-electron chi connectivity index (χ0n) is 8.00. The molecule has 0 aromatic heterocycles. The molecule has 0 aliphatic carbocycles. The molecule has 4 N–H and O–H groups in total. The van der Waals surface area contributed by atoms with Crippen LogP contribution in [0.4, 0.5) is 0 Å². The molecular weight excluding hydrogens is 246 g/mol. The van der Waals surface area contributed by atoms with Crippen LogP contribution in [0.15, 0.2) is 16.6 Å². The van der Waals surface area contributed by atoms with Gasteiger partial charge in [0.05, 0.1) is 6.10 Å². The minimum absolute atomic E-state index is 0.164. The summed E-state index contributed by atoms with van der Waals surface area (Å²) in [6, 6.07) is 3.19. The molecule has 1 aromatic carbocycles. The van der Waals surface area contributed by atoms with Gasteiger partial charge in [-0.15, -0.1) is 0 Å². The fraction of sp³-hybridized carbons (Fsp3) is 0.400. The topological polar surface area (TPSA) is 66.5 Å². The molecule has 1 rings (SSSR count). The Morgan fingerprint density at radius 2 is 2.14 bits per heavy atom. The molecule has 0 fully saturated rings. The standard InChI is InChI=1S/C10H14BrNO2/c1-6-4-7(13)5-8(10(6)11)9(14)2-3-12/h4-5,9,13-14H,2-3,12H2,1H3. The first-order chi connectivity index (χ1) is 6.56. The van der Waals surface area contributed by atoms with Gasteiger partial charge in [0.15, 0.2) is 0 Å². The molecule has 78 valence electrons. The third kappa shape index (κ3) is 2.47. The second-order valence-corrected chi connectivity index (χ2v) is 4.05. The van der Waals surface area contributed by atoms with E-state index in [0.717, 1.165) is 10.0 Å². The van der Waals surface area contributed by atoms with Crippen molar-refractivity contribution in [3.8, 4) is 5.75 Å². The van der Waals surface area contributed by atoms with Gasteiger partial charge in [0.1, 0.15) is 5.75 Å². The maximum absolute atomic E-state index is 9.73. The number of aliphatic hydroxyl groups excluding tert-OH is 1. The molecule has 3 nitrogen and oxygen atoms in total. The van der Waals surface area contributed by atoms with Gasteiger partial charge in [0, 0.05) is 4.47 Å². The van der Waals surface area contributed by atoms with Crippen molar-refractivity contribution in [2.75, 3.05) is 6.54 Å². The lowest BCUT2D eigenvalue weighted by atomic mass is 10.0. The molecule has 0 spiro atoms. The van der Waals surface area contributed by atoms with Crippen molar-refractivity contribution < 1.29 is 10.2 Å². The number of aromatic hydroxyl groups is 1. The number of aryl methyl sites for hydroxylation is 1. The van der Waals surface area contributed by atoms with Gasteiger partial charge in [-0.1, -0.05) is 15.9 Å². The van der Waals surface area contributed by atoms with Crippen LogP contribution < -0.4 is 5.73 Å². The van der Waals surface area contributed by atoms with Crippen LogP contribution in [-0.4, -0.2) is 16.8 Å². The first kappa shape index (κ1) is 11.5. The average Bonchev–Trinajstić information content (AvgIpc) is 2.11. The molecule has 0 heterocycles. The Balaban J connectivity index is 3.07. The molecule has 0 amide bonds. The molecular formula is C10H14BrNO2. The lowest BCUT2D eigenvalue weighted by Crippen LogP contribution is -2.07. The largest absolute Gasteiger partial charge is 0.508 e. The van der Waals surface area contributed by atoms with Crippen LogP contribution in [-0.2, 0) is 0 Å². The summed E-state index contributed by atoms with van der Waals surface area (Å²) in [5.74, 6) is 0.164. The predicted octanol–water partition coefficient (Wildman–Crippen LogP) is 1.85. The highest BCUT2D eigenvalue weighted by molar-refractivity contribution is 9.10. The quantitative estimate of drug-likeness (QED) is 0.776. The monoisotopic (exact) mass is 259 g/mol. The molecule has 0 saturated carbocycles. The van der Waals surface area contributed by atoms with Crippen LogP contribution in [0.1, 0.15) is 23.7 Å². The van der Waals surface area contributed by atoms with E-state index in [-0.39, 0.29) is 5.75 Å². The van der Waals surface area contributed by atoms with Crippen molar-refractivity contribution in [1.29, 1.82) is 0 Å². The van der Waals surface area contributed by atoms with E-state index in [2.05, 4.69) is 15.9 Å². The van der Waals surface area contributed by atoms with Gasteiger partial charge < -0.3 is 15.9 Å². The van der Waals surface area contributed by atoms with Gasteiger partial charge >= 0.3 is 0 Å². The molecule has 0 radical (unpaired) electrons. The molecule has 1 atom stereocenters. The third-order valence-electron chi connectivity index (χ3n) is 2.07. The van der Waals surface area contributed by atoms with Gasteiger partial charge in [0.2, 0.25) is 0 Å². The summed E-state index contributed by atoms with van der Waals surface area (Å²) in [4.78, 5) is 0. The fourth-order valence-electron chi connectivity index (χ4n) is 1.33. The molecule has 1 aromatic rings. The first-order valence-corrected chi connectivity index (χ1v) is 5.22. The van der Waals surface area contributed by atoms with Gasteiger partial charge in [-0.05, 0) is 43.1 Å². The van der Waals surface area contributed by atoms with E-state index in [1.807, 2.05) is 6.92 Å². The number of rotatable bonds is 3. The lowest BCUT2D eigenvalue weighted by molar-refractivity contribution is 0.169. The lowest BCUT2D eigenvalue weighted by Gasteiger charge is -2.13. The Labute approximate surface area is 91.7 Å². The predicted molar refractivity (Wildman–Crippen MR) is 59.2 cm³/mol. The van der Waals surface area contributed by atoms with Gasteiger partial charge in [-0.3, -0.25) is 0 Å². The van der Waals surface area contributed by atoms with Crippen LogP contribution >= 0.6 is 15.9 Å². The van der Waals surface area contributed by atoms with Crippen molar-refractivity contribution in [3.63, 3.8) is 0 Å². The van der Waals surface area contributed by atoms with Crippen molar-refractivity contribution in [3.05, 3.63) is 27.7 Å². The van der Waals surface area contributed by atoms with Crippen LogP contribution in [0.25, 0.3) is 0 Å². The van der Waals surface area contributed by atoms with Crippen molar-refractivity contribution in [1.82, 2.24) is 0 Å². The summed E-state index contributed by atoms with van der Waals surface area (Å²) in [5.41, 5.74) is 6.94. The normalized spacial score (nSPS) is 12.9. The zero-order valence-corrected chi connectivity index (χ0v) is 9.58. The van der Waals surface area contributed by atoms with Crippen molar-refractivity contribution >= 4 is 15.9 Å². The van der Waals surface area contributed by atoms with Crippen LogP contribution in [0.2, 0.25) is 0 Å². The fourth-order valence-corrected chi connectivity index (χ4v) is 1.83. The number of halogens is 1. The number of hydrogen-bond acceptors (Lipinski definition) is 3. The highest BCUT2D eigenvalue weighted by Gasteiger charge is 2.13. The van der Waals surface area contributed by atoms with Crippen LogP contribution in [0, 0.1) is 6.92 Å². The van der Waals surface area contributed by atoms with Crippen molar-refractivity contribution in [2.24, 2.45) is 5.73 Å². The average molecular weight is 260 g/mol. The Kier molecular flexibility index (Phi) is 3.92. The number of aliphatic hydroxyl groups is 1. The van der Waals surface area contributed by atoms with E-state index in [1.165, 1.54) is 0 Å². The Hall–Kier alpha value is -0.580. The number of phenols is 1. The molecule has 4 heteroatoms. The summed E-state index contributed by atoms with van der Waals surface area (Å²) in [5, 5.41) is 19.1. The molecule has 0 bridgehead atoms. The van der Waals surface area contributed by atoms with Gasteiger partial charge in [0.25, 0.3) is 0 Å². The van der Waals surface area contributed by atoms with E-state index in [0.29, 0.717) is 18.5 Å². The molecule has 0 saturated heterocycles. The van der Waals surface area contributed by atoms with E-state index in [1.54, 1.807) is 12.1 Å². The SMILES string of the molecule is Cc1cc(O)cc(C(O)CCN)c1Br. The second-order valence-electron chi connectivity index (χ2n) is 3.26. The summed E-state index contributed by atoms with van der Waals surface area (Å²) in [6.45, 7) is 2.28. The Bertz CT molecular complexity index is 328. The third-order valence-corrected chi connectivity index (χ3v) is 3.15. The number of hydrogen-bond donors (Lipinski definition) is 3. The first-order valence-electron chi connectivity index (χ1n) is 4.43. The maximum atomic E-state index is 9.73. The molecule has 1 unspecified atom stereocenters. The summed E-state index contributed by atoms with van der Waals surface area (Å²) >= 11 is 3.37. The Morgan fingerprint density at radius 1 is 1.50 bits per heavy atom. The number of phenolic OH excluding ortho intramolecular Hbond substituents is 1. The van der Waals surface area contributed by atoms with Crippen LogP contribution in [0.3, 0.4) is 0 Å². The summed E-state index contributed by atoms with van der Waals surface area (Å²) in [6.07, 6.45) is -0.137. The van der Waals surface area contributed by atoms with E-state index in [9.17, 15) is 10.2 Å². The summed E-state index contributed by atoms with van der Waals surface area (Å²) in [7, 11) is 0. The second kappa shape index (κ2) is 4.77. The Morgan fingerprint density at radius 3 is 2.71 bits per heavy atom. The van der Waals surface area contributed by atoms with Gasteiger partial charge in [-0.25, -0.2) is 0 Å².